The summed E-state index contributed by atoms with van der Waals surface area (Å²) in [7, 11) is -3.34. The molecule has 12 nitrogen and oxygen atoms in total. The van der Waals surface area contributed by atoms with Gasteiger partial charge in [0.05, 0.1) is 16.0 Å². The molecule has 15 heteroatoms. The summed E-state index contributed by atoms with van der Waals surface area (Å²) in [4.78, 5) is 25.9. The van der Waals surface area contributed by atoms with Crippen LogP contribution in [0.2, 0.25) is 0 Å². The van der Waals surface area contributed by atoms with Gasteiger partial charge < -0.3 is 14.3 Å². The lowest BCUT2D eigenvalue weighted by Gasteiger charge is -2.15. The van der Waals surface area contributed by atoms with Crippen LogP contribution in [0, 0.1) is 18.7 Å². The Morgan fingerprint density at radius 3 is 2.59 bits per heavy atom. The number of carbonyl (C=O) groups is 2. The zero-order valence-corrected chi connectivity index (χ0v) is 21.0. The van der Waals surface area contributed by atoms with Gasteiger partial charge in [-0.3, -0.25) is 5.32 Å². The number of carboxylic acid groups (broad SMARTS) is 1. The van der Waals surface area contributed by atoms with E-state index < -0.39 is 56.8 Å². The number of aromatic nitrogens is 4. The summed E-state index contributed by atoms with van der Waals surface area (Å²) in [6.07, 6.45) is 1.44. The van der Waals surface area contributed by atoms with Gasteiger partial charge in [0.2, 0.25) is 17.7 Å². The normalized spacial score (nSPS) is 12.5. The zero-order chi connectivity index (χ0) is 28.3. The molecule has 2 N–H and O–H groups in total. The maximum Gasteiger partial charge on any atom is 0.332 e. The first-order valence-corrected chi connectivity index (χ1v) is 12.4. The van der Waals surface area contributed by atoms with E-state index >= 15 is 4.39 Å². The van der Waals surface area contributed by atoms with E-state index in [1.54, 1.807) is 6.92 Å². The van der Waals surface area contributed by atoms with Gasteiger partial charge in [-0.25, -0.2) is 31.4 Å². The second-order valence-electron chi connectivity index (χ2n) is 7.82. The highest BCUT2D eigenvalue weighted by Crippen LogP contribution is 2.35. The van der Waals surface area contributed by atoms with Gasteiger partial charge in [0.25, 0.3) is 10.0 Å². The minimum atomic E-state index is -4.62. The zero-order valence-electron chi connectivity index (χ0n) is 20.2. The fourth-order valence-corrected chi connectivity index (χ4v) is 4.97. The monoisotopic (exact) mass is 559 g/mol. The number of hydrogen-bond acceptors (Lipinski definition) is 10. The molecular weight excluding hydrogens is 540 g/mol. The summed E-state index contributed by atoms with van der Waals surface area (Å²) < 4.78 is 69.1. The molecule has 0 amide bonds. The van der Waals surface area contributed by atoms with Gasteiger partial charge in [-0.15, -0.1) is 10.2 Å². The highest BCUT2D eigenvalue weighted by Gasteiger charge is 2.32. The van der Waals surface area contributed by atoms with Crippen LogP contribution in [0.5, 0.6) is 0 Å². The van der Waals surface area contributed by atoms with E-state index in [9.17, 15) is 22.4 Å². The Balaban J connectivity index is 1.88. The third-order valence-electron chi connectivity index (χ3n) is 5.26. The fraction of sp³-hybridized carbons (Fsp3) is 0.125. The number of ether oxygens (including phenoxy) is 1. The number of rotatable bonds is 9. The first-order chi connectivity index (χ1) is 18.5. The summed E-state index contributed by atoms with van der Waals surface area (Å²) in [6.45, 7) is 1.55. The lowest BCUT2D eigenvalue weighted by molar-refractivity contribution is -0.145. The van der Waals surface area contributed by atoms with E-state index in [2.05, 4.69) is 20.5 Å². The Bertz CT molecular complexity index is 1700. The van der Waals surface area contributed by atoms with Crippen molar-refractivity contribution in [3.8, 4) is 22.7 Å². The van der Waals surface area contributed by atoms with Crippen molar-refractivity contribution in [2.24, 2.45) is 0 Å². The van der Waals surface area contributed by atoms with Crippen molar-refractivity contribution in [3.63, 3.8) is 0 Å². The Kier molecular flexibility index (Phi) is 7.64. The van der Waals surface area contributed by atoms with Crippen molar-refractivity contribution < 1.29 is 41.0 Å². The molecule has 4 rings (SSSR count). The highest BCUT2D eigenvalue weighted by atomic mass is 32.2. The quantitative estimate of drug-likeness (QED) is 0.134. The van der Waals surface area contributed by atoms with Gasteiger partial charge in [0.15, 0.2) is 12.0 Å². The van der Waals surface area contributed by atoms with E-state index in [1.807, 2.05) is 0 Å². The molecule has 1 aromatic carbocycles. The number of esters is 1. The molecule has 202 valence electrons. The smallest absolute Gasteiger partial charge is 0.332 e. The molecule has 3 heterocycles. The molecule has 0 aliphatic rings. The SMILES string of the molecule is CNC(OC(=O)/C=C/C(=O)O)c1cn(S(=O)(=O)c2cccc(-c3nnc(C)o3)c2)c(-c2cccnc2F)c1F. The number of aryl methyl sites for hydroxylation is 1. The summed E-state index contributed by atoms with van der Waals surface area (Å²) in [5.74, 6) is -4.69. The largest absolute Gasteiger partial charge is 0.478 e. The highest BCUT2D eigenvalue weighted by molar-refractivity contribution is 7.90. The third-order valence-corrected chi connectivity index (χ3v) is 6.91. The molecule has 0 bridgehead atoms. The van der Waals surface area contributed by atoms with Crippen molar-refractivity contribution in [2.45, 2.75) is 18.0 Å². The lowest BCUT2D eigenvalue weighted by atomic mass is 10.1. The topological polar surface area (TPSA) is 167 Å². The van der Waals surface area contributed by atoms with Gasteiger partial charge in [-0.2, -0.15) is 4.39 Å². The van der Waals surface area contributed by atoms with Crippen LogP contribution in [-0.2, 0) is 24.3 Å². The predicted octanol–water partition coefficient (Wildman–Crippen LogP) is 2.83. The number of aliphatic carboxylic acids is 1. The number of pyridine rings is 1. The minimum absolute atomic E-state index is 0.0408. The van der Waals surface area contributed by atoms with Crippen molar-refractivity contribution >= 4 is 22.0 Å². The minimum Gasteiger partial charge on any atom is -0.478 e. The van der Waals surface area contributed by atoms with E-state index in [0.29, 0.717) is 16.1 Å². The second kappa shape index (κ2) is 10.9. The third kappa shape index (κ3) is 5.58. The molecular formula is C24H19F2N5O7S. The molecule has 4 aromatic rings. The summed E-state index contributed by atoms with van der Waals surface area (Å²) in [5, 5.41) is 18.8. The van der Waals surface area contributed by atoms with Crippen LogP contribution in [0.1, 0.15) is 17.7 Å². The predicted molar refractivity (Wildman–Crippen MR) is 129 cm³/mol. The fourth-order valence-electron chi connectivity index (χ4n) is 3.54. The van der Waals surface area contributed by atoms with Crippen molar-refractivity contribution in [1.29, 1.82) is 0 Å². The first-order valence-electron chi connectivity index (χ1n) is 11.0. The number of benzene rings is 1. The summed E-state index contributed by atoms with van der Waals surface area (Å²) >= 11 is 0. The van der Waals surface area contributed by atoms with Crippen LogP contribution < -0.4 is 5.32 Å². The van der Waals surface area contributed by atoms with Crippen molar-refractivity contribution in [2.75, 3.05) is 7.05 Å². The molecule has 1 atom stereocenters. The molecule has 1 unspecified atom stereocenters. The van der Waals surface area contributed by atoms with Crippen LogP contribution in [0.15, 0.2) is 70.3 Å². The van der Waals surface area contributed by atoms with Crippen LogP contribution in [0.3, 0.4) is 0 Å². The Labute approximate surface area is 219 Å². The molecule has 0 spiro atoms. The molecule has 0 aliphatic heterocycles. The number of nitrogens with zero attached hydrogens (tertiary/aromatic N) is 4. The number of carbonyl (C=O) groups excluding carboxylic acids is 1. The number of halogens is 2. The molecule has 0 fully saturated rings. The average Bonchev–Trinajstić information content (AvgIpc) is 3.50. The molecule has 0 radical (unpaired) electrons. The van der Waals surface area contributed by atoms with Gasteiger partial charge in [0.1, 0.15) is 5.69 Å². The molecule has 39 heavy (non-hydrogen) atoms. The summed E-state index contributed by atoms with van der Waals surface area (Å²) in [5.41, 5.74) is -1.43. The van der Waals surface area contributed by atoms with Crippen LogP contribution >= 0.6 is 0 Å². The maximum absolute atomic E-state index is 15.9. The lowest BCUT2D eigenvalue weighted by Crippen LogP contribution is -2.23. The average molecular weight is 560 g/mol. The number of nitrogens with one attached hydrogen (secondary N) is 1. The second-order valence-corrected chi connectivity index (χ2v) is 9.64. The van der Waals surface area contributed by atoms with Crippen LogP contribution in [0.4, 0.5) is 8.78 Å². The molecule has 0 saturated heterocycles. The van der Waals surface area contributed by atoms with Gasteiger partial charge >= 0.3 is 11.9 Å². The van der Waals surface area contributed by atoms with E-state index in [0.717, 1.165) is 18.5 Å². The molecule has 0 saturated carbocycles. The Morgan fingerprint density at radius 1 is 1.18 bits per heavy atom. The van der Waals surface area contributed by atoms with E-state index in [-0.39, 0.29) is 22.2 Å². The Hall–Kier alpha value is -4.76. The van der Waals surface area contributed by atoms with Gasteiger partial charge in [-0.05, 0) is 37.4 Å². The van der Waals surface area contributed by atoms with Gasteiger partial charge in [-0.1, -0.05) is 6.07 Å². The molecule has 0 aliphatic carbocycles. The van der Waals surface area contributed by atoms with Crippen LogP contribution in [-0.4, -0.2) is 51.7 Å². The Morgan fingerprint density at radius 2 is 1.95 bits per heavy atom. The van der Waals surface area contributed by atoms with Crippen molar-refractivity contribution in [1.82, 2.24) is 24.5 Å². The summed E-state index contributed by atoms with van der Waals surface area (Å²) in [6, 6.07) is 7.79. The van der Waals surface area contributed by atoms with E-state index in [1.165, 1.54) is 37.4 Å². The number of hydrogen-bond donors (Lipinski definition) is 2. The van der Waals surface area contributed by atoms with Gasteiger partial charge in [0, 0.05) is 37.0 Å². The maximum atomic E-state index is 15.9. The molecule has 3 aromatic heterocycles. The van der Waals surface area contributed by atoms with Crippen molar-refractivity contribution in [3.05, 3.63) is 84.2 Å². The first kappa shape index (κ1) is 27.3. The number of carboxylic acids is 1. The van der Waals surface area contributed by atoms with Crippen LogP contribution in [0.25, 0.3) is 22.7 Å². The standard InChI is InChI=1S/C24H19F2N5O7S/c1-13-29-30-23(37-13)14-5-3-6-15(11-14)39(35,36)31-12-17(24(27-2)38-19(34)9-8-18(32)33)20(25)21(31)16-7-4-10-28-22(16)26/h3-12,24,27H,1-2H3,(H,32,33)/b9-8+. The van der Waals surface area contributed by atoms with E-state index in [4.69, 9.17) is 14.3 Å².